The Balaban J connectivity index is 0.00000264. The summed E-state index contributed by atoms with van der Waals surface area (Å²) in [6.07, 6.45) is 0.999. The van der Waals surface area contributed by atoms with Gasteiger partial charge in [-0.15, -0.1) is 24.0 Å². The average molecular weight is 427 g/mol. The molecule has 124 valence electrons. The summed E-state index contributed by atoms with van der Waals surface area (Å²) in [4.78, 5) is 4.18. The Morgan fingerprint density at radius 3 is 2.00 bits per heavy atom. The molecule has 0 amide bonds. The molecule has 0 saturated heterocycles. The van der Waals surface area contributed by atoms with Crippen molar-refractivity contribution < 1.29 is 4.39 Å². The third-order valence-electron chi connectivity index (χ3n) is 3.57. The highest BCUT2D eigenvalue weighted by molar-refractivity contribution is 14.0. The molecule has 0 aromatic heterocycles. The second-order valence-corrected chi connectivity index (χ2v) is 4.99. The van der Waals surface area contributed by atoms with Crippen molar-refractivity contribution in [2.24, 2.45) is 4.99 Å². The van der Waals surface area contributed by atoms with Crippen LogP contribution in [0.5, 0.6) is 0 Å². The molecule has 23 heavy (non-hydrogen) atoms. The summed E-state index contributed by atoms with van der Waals surface area (Å²) >= 11 is 0. The Morgan fingerprint density at radius 1 is 0.913 bits per heavy atom. The fourth-order valence-corrected chi connectivity index (χ4v) is 2.30. The number of nitrogens with zero attached hydrogens (tertiary/aromatic N) is 1. The molecule has 5 heteroatoms. The van der Waals surface area contributed by atoms with Crippen LogP contribution in [0.4, 0.5) is 4.39 Å². The van der Waals surface area contributed by atoms with Crippen LogP contribution >= 0.6 is 24.0 Å². The topological polar surface area (TPSA) is 36.4 Å². The van der Waals surface area contributed by atoms with Crippen molar-refractivity contribution >= 4 is 29.9 Å². The summed E-state index contributed by atoms with van der Waals surface area (Å²) in [6.45, 7) is 3.24. The maximum atomic E-state index is 13.6. The Morgan fingerprint density at radius 2 is 1.43 bits per heavy atom. The molecule has 0 heterocycles. The van der Waals surface area contributed by atoms with Crippen LogP contribution in [0.1, 0.15) is 23.6 Å². The van der Waals surface area contributed by atoms with Gasteiger partial charge in [0.2, 0.25) is 0 Å². The molecule has 0 spiro atoms. The molecule has 0 aliphatic rings. The standard InChI is InChI=1S/C18H22FN3.HI/c1-3-14-8-4-5-9-15(14)12-21-18(20-2)22-13-16-10-6-7-11-17(16)19;/h4-11H,3,12-13H2,1-2H3,(H2,20,21,22);1H. The highest BCUT2D eigenvalue weighted by Gasteiger charge is 2.04. The molecule has 0 unspecified atom stereocenters. The van der Waals surface area contributed by atoms with Crippen LogP contribution in [0, 0.1) is 5.82 Å². The van der Waals surface area contributed by atoms with Crippen LogP contribution in [0.2, 0.25) is 0 Å². The Kier molecular flexibility index (Phi) is 8.61. The van der Waals surface area contributed by atoms with Crippen molar-refractivity contribution in [1.29, 1.82) is 0 Å². The Bertz CT molecular complexity index is 644. The molecule has 0 saturated carbocycles. The van der Waals surface area contributed by atoms with Crippen molar-refractivity contribution in [2.75, 3.05) is 7.05 Å². The van der Waals surface area contributed by atoms with E-state index in [1.807, 2.05) is 18.2 Å². The fourth-order valence-electron chi connectivity index (χ4n) is 2.30. The molecule has 2 aromatic rings. The van der Waals surface area contributed by atoms with Crippen molar-refractivity contribution in [3.05, 3.63) is 71.0 Å². The first-order valence-electron chi connectivity index (χ1n) is 7.49. The number of aryl methyl sites for hydroxylation is 1. The minimum Gasteiger partial charge on any atom is -0.352 e. The molecule has 2 aromatic carbocycles. The SMILES string of the molecule is CCc1ccccc1CNC(=NC)NCc1ccccc1F.I. The highest BCUT2D eigenvalue weighted by atomic mass is 127. The maximum Gasteiger partial charge on any atom is 0.191 e. The molecule has 0 fully saturated rings. The molecule has 0 radical (unpaired) electrons. The van der Waals surface area contributed by atoms with Crippen molar-refractivity contribution in [1.82, 2.24) is 10.6 Å². The van der Waals surface area contributed by atoms with E-state index in [4.69, 9.17) is 0 Å². The van der Waals surface area contributed by atoms with Crippen LogP contribution in [0.3, 0.4) is 0 Å². The second kappa shape index (κ2) is 10.2. The number of halogens is 2. The summed E-state index contributed by atoms with van der Waals surface area (Å²) in [5.74, 6) is 0.455. The lowest BCUT2D eigenvalue weighted by Gasteiger charge is -2.14. The molecule has 0 aliphatic carbocycles. The van der Waals surface area contributed by atoms with E-state index in [-0.39, 0.29) is 29.8 Å². The molecule has 0 aliphatic heterocycles. The zero-order chi connectivity index (χ0) is 15.8. The lowest BCUT2D eigenvalue weighted by atomic mass is 10.1. The van der Waals surface area contributed by atoms with Gasteiger partial charge in [-0.3, -0.25) is 4.99 Å². The van der Waals surface area contributed by atoms with Gasteiger partial charge >= 0.3 is 0 Å². The first-order valence-corrected chi connectivity index (χ1v) is 7.49. The summed E-state index contributed by atoms with van der Waals surface area (Å²) < 4.78 is 13.6. The van der Waals surface area contributed by atoms with Crippen LogP contribution in [0.15, 0.2) is 53.5 Å². The molecule has 3 nitrogen and oxygen atoms in total. The molecule has 0 atom stereocenters. The van der Waals surface area contributed by atoms with E-state index in [1.165, 1.54) is 17.2 Å². The smallest absolute Gasteiger partial charge is 0.191 e. The first-order chi connectivity index (χ1) is 10.7. The van der Waals surface area contributed by atoms with E-state index < -0.39 is 0 Å². The van der Waals surface area contributed by atoms with E-state index in [0.717, 1.165) is 6.42 Å². The first kappa shape index (κ1) is 19.4. The van der Waals surface area contributed by atoms with E-state index in [2.05, 4.69) is 34.7 Å². The number of rotatable bonds is 5. The van der Waals surface area contributed by atoms with Crippen LogP contribution in [-0.4, -0.2) is 13.0 Å². The maximum absolute atomic E-state index is 13.6. The van der Waals surface area contributed by atoms with Gasteiger partial charge in [-0.2, -0.15) is 0 Å². The summed E-state index contributed by atoms with van der Waals surface area (Å²) in [5.41, 5.74) is 3.19. The lowest BCUT2D eigenvalue weighted by Crippen LogP contribution is -2.36. The third-order valence-corrected chi connectivity index (χ3v) is 3.57. The van der Waals surface area contributed by atoms with E-state index in [0.29, 0.717) is 24.6 Å². The van der Waals surface area contributed by atoms with Crippen molar-refractivity contribution in [3.63, 3.8) is 0 Å². The van der Waals surface area contributed by atoms with Gasteiger partial charge in [0.05, 0.1) is 0 Å². The van der Waals surface area contributed by atoms with Gasteiger partial charge in [0.1, 0.15) is 5.82 Å². The number of nitrogens with one attached hydrogen (secondary N) is 2. The minimum absolute atomic E-state index is 0. The minimum atomic E-state index is -0.207. The number of aliphatic imine (C=N–C) groups is 1. The van der Waals surface area contributed by atoms with Gasteiger partial charge in [0, 0.05) is 25.7 Å². The number of hydrogen-bond acceptors (Lipinski definition) is 1. The second-order valence-electron chi connectivity index (χ2n) is 4.99. The van der Waals surface area contributed by atoms with Gasteiger partial charge < -0.3 is 10.6 Å². The molecule has 0 bridgehead atoms. The predicted molar refractivity (Wildman–Crippen MR) is 105 cm³/mol. The Hall–Kier alpha value is -1.63. The van der Waals surface area contributed by atoms with Gasteiger partial charge in [0.25, 0.3) is 0 Å². The highest BCUT2D eigenvalue weighted by Crippen LogP contribution is 2.09. The summed E-state index contributed by atoms with van der Waals surface area (Å²) in [5, 5.41) is 6.40. The van der Waals surface area contributed by atoms with Gasteiger partial charge in [-0.05, 0) is 23.6 Å². The molecular weight excluding hydrogens is 404 g/mol. The largest absolute Gasteiger partial charge is 0.352 e. The molecule has 2 rings (SSSR count). The van der Waals surface area contributed by atoms with Crippen LogP contribution < -0.4 is 10.6 Å². The van der Waals surface area contributed by atoms with Gasteiger partial charge in [0.15, 0.2) is 5.96 Å². The zero-order valence-corrected chi connectivity index (χ0v) is 15.8. The molecular formula is C18H23FIN3. The monoisotopic (exact) mass is 427 g/mol. The average Bonchev–Trinajstić information content (AvgIpc) is 2.56. The van der Waals surface area contributed by atoms with E-state index in [1.54, 1.807) is 19.2 Å². The van der Waals surface area contributed by atoms with Gasteiger partial charge in [-0.1, -0.05) is 49.4 Å². The normalized spacial score (nSPS) is 10.8. The van der Waals surface area contributed by atoms with E-state index >= 15 is 0 Å². The lowest BCUT2D eigenvalue weighted by molar-refractivity contribution is 0.604. The van der Waals surface area contributed by atoms with Crippen molar-refractivity contribution in [2.45, 2.75) is 26.4 Å². The quantitative estimate of drug-likeness (QED) is 0.432. The number of hydrogen-bond donors (Lipinski definition) is 2. The number of guanidine groups is 1. The zero-order valence-electron chi connectivity index (χ0n) is 13.5. The van der Waals surface area contributed by atoms with Crippen molar-refractivity contribution in [3.8, 4) is 0 Å². The predicted octanol–water partition coefficient (Wildman–Crippen LogP) is 3.87. The molecule has 2 N–H and O–H groups in total. The van der Waals surface area contributed by atoms with Crippen LogP contribution in [0.25, 0.3) is 0 Å². The summed E-state index contributed by atoms with van der Waals surface area (Å²) in [7, 11) is 1.71. The number of benzene rings is 2. The fraction of sp³-hybridized carbons (Fsp3) is 0.278. The summed E-state index contributed by atoms with van der Waals surface area (Å²) in [6, 6.07) is 15.1. The van der Waals surface area contributed by atoms with Crippen LogP contribution in [-0.2, 0) is 19.5 Å². The van der Waals surface area contributed by atoms with E-state index in [9.17, 15) is 4.39 Å². The van der Waals surface area contributed by atoms with Gasteiger partial charge in [-0.25, -0.2) is 4.39 Å². The Labute approximate surface area is 154 Å². The third kappa shape index (κ3) is 5.82.